The Labute approximate surface area is 77.6 Å². The zero-order valence-electron chi connectivity index (χ0n) is 9.10. The van der Waals surface area contributed by atoms with E-state index in [2.05, 4.69) is 13.8 Å². The van der Waals surface area contributed by atoms with Crippen molar-refractivity contribution in [2.24, 2.45) is 5.92 Å². The second kappa shape index (κ2) is 13.3. The molecule has 1 heteroatoms. The third-order valence-corrected chi connectivity index (χ3v) is 1.82. The Morgan fingerprint density at radius 2 is 1.50 bits per heavy atom. The number of carbonyl (C=O) groups excluding carboxylic acids is 1. The molecule has 0 heterocycles. The average Bonchev–Trinajstić information content (AvgIpc) is 2.10. The molecule has 1 nitrogen and oxygen atoms in total. The highest BCUT2D eigenvalue weighted by Crippen LogP contribution is 2.15. The van der Waals surface area contributed by atoms with E-state index < -0.39 is 0 Å². The fourth-order valence-corrected chi connectivity index (χ4v) is 1.33. The van der Waals surface area contributed by atoms with Gasteiger partial charge in [-0.2, -0.15) is 0 Å². The van der Waals surface area contributed by atoms with Gasteiger partial charge in [-0.25, -0.2) is 0 Å². The molecule has 0 bridgehead atoms. The lowest BCUT2D eigenvalue weighted by molar-refractivity contribution is -0.108. The highest BCUT2D eigenvalue weighted by Gasteiger charge is 2.04. The van der Waals surface area contributed by atoms with E-state index in [-0.39, 0.29) is 0 Å². The van der Waals surface area contributed by atoms with Gasteiger partial charge < -0.3 is 4.79 Å². The van der Waals surface area contributed by atoms with Crippen LogP contribution in [0.1, 0.15) is 59.8 Å². The van der Waals surface area contributed by atoms with Gasteiger partial charge in [0.25, 0.3) is 0 Å². The third-order valence-electron chi connectivity index (χ3n) is 1.82. The van der Waals surface area contributed by atoms with Gasteiger partial charge in [0.15, 0.2) is 0 Å². The zero-order valence-corrected chi connectivity index (χ0v) is 9.10. The summed E-state index contributed by atoms with van der Waals surface area (Å²) in [6, 6.07) is 0. The zero-order chi connectivity index (χ0) is 9.82. The fraction of sp³-hybridized carbons (Fsp3) is 0.909. The Balaban J connectivity index is 0. The number of hydrogen-bond acceptors (Lipinski definition) is 1. The summed E-state index contributed by atoms with van der Waals surface area (Å²) in [7, 11) is 0. The average molecular weight is 172 g/mol. The predicted molar refractivity (Wildman–Crippen MR) is 55.3 cm³/mol. The topological polar surface area (TPSA) is 17.1 Å². The summed E-state index contributed by atoms with van der Waals surface area (Å²) in [5.41, 5.74) is 0. The SMILES string of the molecule is CC.CCCC(CC=O)CCC. The van der Waals surface area contributed by atoms with Gasteiger partial charge >= 0.3 is 0 Å². The van der Waals surface area contributed by atoms with Crippen molar-refractivity contribution in [1.29, 1.82) is 0 Å². The monoisotopic (exact) mass is 172 g/mol. The van der Waals surface area contributed by atoms with Crippen molar-refractivity contribution in [3.8, 4) is 0 Å². The lowest BCUT2D eigenvalue weighted by Gasteiger charge is -2.09. The lowest BCUT2D eigenvalue weighted by atomic mass is 9.96. The van der Waals surface area contributed by atoms with Gasteiger partial charge in [0.2, 0.25) is 0 Å². The van der Waals surface area contributed by atoms with Crippen molar-refractivity contribution >= 4 is 6.29 Å². The molecule has 0 amide bonds. The fourth-order valence-electron chi connectivity index (χ4n) is 1.33. The van der Waals surface area contributed by atoms with Crippen LogP contribution in [-0.2, 0) is 4.79 Å². The van der Waals surface area contributed by atoms with Crippen LogP contribution >= 0.6 is 0 Å². The molecule has 0 fully saturated rings. The summed E-state index contributed by atoms with van der Waals surface area (Å²) in [5, 5.41) is 0. The Kier molecular flexibility index (Phi) is 15.7. The van der Waals surface area contributed by atoms with Crippen LogP contribution < -0.4 is 0 Å². The molecule has 0 radical (unpaired) electrons. The molecule has 0 unspecified atom stereocenters. The molecule has 0 aliphatic rings. The van der Waals surface area contributed by atoms with E-state index >= 15 is 0 Å². The molecule has 0 spiro atoms. The van der Waals surface area contributed by atoms with Crippen molar-refractivity contribution in [1.82, 2.24) is 0 Å². The molecular formula is C11H24O. The van der Waals surface area contributed by atoms with Gasteiger partial charge in [0.1, 0.15) is 6.29 Å². The van der Waals surface area contributed by atoms with E-state index in [9.17, 15) is 4.79 Å². The number of hydrogen-bond donors (Lipinski definition) is 0. The van der Waals surface area contributed by atoms with Gasteiger partial charge in [0.05, 0.1) is 0 Å². The predicted octanol–water partition coefficient (Wildman–Crippen LogP) is 3.82. The van der Waals surface area contributed by atoms with Crippen LogP contribution in [0.15, 0.2) is 0 Å². The molecule has 12 heavy (non-hydrogen) atoms. The molecule has 0 aromatic heterocycles. The van der Waals surface area contributed by atoms with Crippen molar-refractivity contribution in [3.63, 3.8) is 0 Å². The normalized spacial score (nSPS) is 9.08. The molecule has 0 N–H and O–H groups in total. The summed E-state index contributed by atoms with van der Waals surface area (Å²) >= 11 is 0. The highest BCUT2D eigenvalue weighted by atomic mass is 16.1. The first-order valence-electron chi connectivity index (χ1n) is 5.28. The Hall–Kier alpha value is -0.330. The van der Waals surface area contributed by atoms with E-state index in [1.807, 2.05) is 13.8 Å². The van der Waals surface area contributed by atoms with Crippen LogP contribution in [0.2, 0.25) is 0 Å². The summed E-state index contributed by atoms with van der Waals surface area (Å²) in [4.78, 5) is 10.2. The first-order valence-corrected chi connectivity index (χ1v) is 5.28. The minimum atomic E-state index is 0.660. The first-order chi connectivity index (χ1) is 5.85. The quantitative estimate of drug-likeness (QED) is 0.557. The maximum Gasteiger partial charge on any atom is 0.120 e. The Morgan fingerprint density at radius 3 is 1.75 bits per heavy atom. The van der Waals surface area contributed by atoms with Crippen molar-refractivity contribution in [3.05, 3.63) is 0 Å². The minimum absolute atomic E-state index is 0.660. The van der Waals surface area contributed by atoms with E-state index in [1.165, 1.54) is 25.7 Å². The maximum absolute atomic E-state index is 10.2. The molecule has 0 aliphatic heterocycles. The van der Waals surface area contributed by atoms with Crippen LogP contribution in [0.3, 0.4) is 0 Å². The van der Waals surface area contributed by atoms with E-state index in [0.29, 0.717) is 5.92 Å². The maximum atomic E-state index is 10.2. The number of carbonyl (C=O) groups is 1. The van der Waals surface area contributed by atoms with Crippen LogP contribution in [-0.4, -0.2) is 6.29 Å². The molecule has 0 saturated heterocycles. The minimum Gasteiger partial charge on any atom is -0.303 e. The molecule has 0 saturated carbocycles. The first kappa shape index (κ1) is 14.2. The number of aldehydes is 1. The molecule has 0 rings (SSSR count). The molecule has 0 atom stereocenters. The summed E-state index contributed by atoms with van der Waals surface area (Å²) in [5.74, 6) is 0.660. The van der Waals surface area contributed by atoms with Gasteiger partial charge in [-0.05, 0) is 5.92 Å². The van der Waals surface area contributed by atoms with Crippen molar-refractivity contribution < 1.29 is 4.79 Å². The molecular weight excluding hydrogens is 148 g/mol. The van der Waals surface area contributed by atoms with Crippen LogP contribution in [0.5, 0.6) is 0 Å². The largest absolute Gasteiger partial charge is 0.303 e. The Morgan fingerprint density at radius 1 is 1.08 bits per heavy atom. The van der Waals surface area contributed by atoms with Gasteiger partial charge in [-0.15, -0.1) is 0 Å². The third kappa shape index (κ3) is 9.67. The van der Waals surface area contributed by atoms with E-state index in [4.69, 9.17) is 0 Å². The molecule has 0 aromatic rings. The van der Waals surface area contributed by atoms with E-state index in [0.717, 1.165) is 12.7 Å². The Bertz CT molecular complexity index is 73.1. The van der Waals surface area contributed by atoms with Crippen LogP contribution in [0.25, 0.3) is 0 Å². The van der Waals surface area contributed by atoms with Crippen LogP contribution in [0, 0.1) is 5.92 Å². The summed E-state index contributed by atoms with van der Waals surface area (Å²) in [6.45, 7) is 8.35. The van der Waals surface area contributed by atoms with E-state index in [1.54, 1.807) is 0 Å². The van der Waals surface area contributed by atoms with Gasteiger partial charge in [-0.1, -0.05) is 53.4 Å². The van der Waals surface area contributed by atoms with Gasteiger partial charge in [-0.3, -0.25) is 0 Å². The van der Waals surface area contributed by atoms with Crippen LogP contribution in [0.4, 0.5) is 0 Å². The lowest BCUT2D eigenvalue weighted by Crippen LogP contribution is -1.99. The van der Waals surface area contributed by atoms with Crippen molar-refractivity contribution in [2.45, 2.75) is 59.8 Å². The molecule has 74 valence electrons. The van der Waals surface area contributed by atoms with Crippen molar-refractivity contribution in [2.75, 3.05) is 0 Å². The van der Waals surface area contributed by atoms with Gasteiger partial charge in [0, 0.05) is 6.42 Å². The second-order valence-corrected chi connectivity index (χ2v) is 2.85. The number of rotatable bonds is 6. The highest BCUT2D eigenvalue weighted by molar-refractivity contribution is 5.49. The molecule has 0 aromatic carbocycles. The summed E-state index contributed by atoms with van der Waals surface area (Å²) < 4.78 is 0. The smallest absolute Gasteiger partial charge is 0.120 e. The summed E-state index contributed by atoms with van der Waals surface area (Å²) in [6.07, 6.45) is 6.66. The molecule has 0 aliphatic carbocycles. The second-order valence-electron chi connectivity index (χ2n) is 2.85. The standard InChI is InChI=1S/C9H18O.C2H6/c1-3-5-9(6-4-2)7-8-10;1-2/h8-9H,3-7H2,1-2H3;1-2H3.